The molecule has 1 aliphatic heterocycles. The molecule has 4 N–H and O–H groups in total. The number of anilines is 2. The van der Waals surface area contributed by atoms with Gasteiger partial charge in [0.15, 0.2) is 0 Å². The lowest BCUT2D eigenvalue weighted by molar-refractivity contribution is 0.606. The van der Waals surface area contributed by atoms with Crippen LogP contribution in [0.25, 0.3) is 0 Å². The number of hydrogen-bond donors (Lipinski definition) is 3. The highest BCUT2D eigenvalue weighted by Gasteiger charge is 2.19. The van der Waals surface area contributed by atoms with E-state index in [2.05, 4.69) is 41.4 Å². The van der Waals surface area contributed by atoms with E-state index in [1.165, 1.54) is 0 Å². The van der Waals surface area contributed by atoms with Crippen molar-refractivity contribution in [2.24, 2.45) is 0 Å². The summed E-state index contributed by atoms with van der Waals surface area (Å²) in [5, 5.41) is 6.70. The molecule has 0 fully saturated rings. The highest BCUT2D eigenvalue weighted by atomic mass is 15.1. The zero-order valence-corrected chi connectivity index (χ0v) is 10.1. The van der Waals surface area contributed by atoms with Gasteiger partial charge in [-0.15, -0.1) is 0 Å². The molecule has 0 saturated carbocycles. The van der Waals surface area contributed by atoms with E-state index in [1.807, 2.05) is 0 Å². The van der Waals surface area contributed by atoms with Crippen molar-refractivity contribution in [1.29, 1.82) is 0 Å². The average Bonchev–Trinajstić information content (AvgIpc) is 2.14. The molecule has 0 saturated heterocycles. The first-order chi connectivity index (χ1) is 7.46. The molecule has 1 aliphatic rings. The number of nitrogen functional groups attached to an aromatic ring is 1. The van der Waals surface area contributed by atoms with E-state index in [-0.39, 0.29) is 5.54 Å². The zero-order chi connectivity index (χ0) is 11.8. The minimum absolute atomic E-state index is 0.0218. The fourth-order valence-corrected chi connectivity index (χ4v) is 1.82. The van der Waals surface area contributed by atoms with Gasteiger partial charge in [-0.2, -0.15) is 4.98 Å². The van der Waals surface area contributed by atoms with Gasteiger partial charge in [-0.1, -0.05) is 0 Å². The molecule has 88 valence electrons. The molecule has 2 heterocycles. The van der Waals surface area contributed by atoms with Crippen LogP contribution < -0.4 is 16.4 Å². The Morgan fingerprint density at radius 1 is 1.31 bits per heavy atom. The van der Waals surface area contributed by atoms with E-state index in [0.717, 1.165) is 36.6 Å². The summed E-state index contributed by atoms with van der Waals surface area (Å²) in [6, 6.07) is 0. The van der Waals surface area contributed by atoms with Gasteiger partial charge in [0.1, 0.15) is 5.82 Å². The van der Waals surface area contributed by atoms with Gasteiger partial charge < -0.3 is 16.4 Å². The molecule has 2 rings (SSSR count). The van der Waals surface area contributed by atoms with Gasteiger partial charge in [-0.25, -0.2) is 4.98 Å². The first kappa shape index (κ1) is 11.1. The molecular weight excluding hydrogens is 202 g/mol. The van der Waals surface area contributed by atoms with E-state index in [0.29, 0.717) is 5.95 Å². The quantitative estimate of drug-likeness (QED) is 0.657. The minimum Gasteiger partial charge on any atom is -0.368 e. The van der Waals surface area contributed by atoms with Crippen LogP contribution in [0.1, 0.15) is 32.0 Å². The zero-order valence-electron chi connectivity index (χ0n) is 10.1. The number of nitrogens with two attached hydrogens (primary N) is 1. The maximum atomic E-state index is 5.72. The Bertz CT molecular complexity index is 394. The molecule has 0 aromatic carbocycles. The van der Waals surface area contributed by atoms with E-state index < -0.39 is 0 Å². The van der Waals surface area contributed by atoms with Gasteiger partial charge in [0.25, 0.3) is 0 Å². The summed E-state index contributed by atoms with van der Waals surface area (Å²) in [6.45, 7) is 8.09. The Morgan fingerprint density at radius 3 is 2.75 bits per heavy atom. The number of hydrogen-bond acceptors (Lipinski definition) is 5. The Morgan fingerprint density at radius 2 is 2.06 bits per heavy atom. The molecule has 1 aromatic heterocycles. The molecule has 5 nitrogen and oxygen atoms in total. The number of nitrogens with zero attached hydrogens (tertiary/aromatic N) is 2. The summed E-state index contributed by atoms with van der Waals surface area (Å²) >= 11 is 0. The molecule has 1 aromatic rings. The van der Waals surface area contributed by atoms with E-state index in [9.17, 15) is 0 Å². The first-order valence-corrected chi connectivity index (χ1v) is 5.60. The van der Waals surface area contributed by atoms with Gasteiger partial charge in [-0.05, 0) is 20.8 Å². The molecule has 0 atom stereocenters. The third-order valence-electron chi connectivity index (χ3n) is 2.44. The second kappa shape index (κ2) is 3.90. The SMILES string of the molecule is CC(C)(C)Nc1nc(N)nc2c1CNCC2. The monoisotopic (exact) mass is 221 g/mol. The van der Waals surface area contributed by atoms with Gasteiger partial charge in [-0.3, -0.25) is 0 Å². The minimum atomic E-state index is -0.0218. The second-order valence-electron chi connectivity index (χ2n) is 5.16. The lowest BCUT2D eigenvalue weighted by atomic mass is 10.1. The lowest BCUT2D eigenvalue weighted by Crippen LogP contribution is -2.31. The third kappa shape index (κ3) is 2.41. The van der Waals surface area contributed by atoms with Crippen LogP contribution in [0.3, 0.4) is 0 Å². The van der Waals surface area contributed by atoms with Crippen molar-refractivity contribution in [2.45, 2.75) is 39.3 Å². The molecule has 0 spiro atoms. The van der Waals surface area contributed by atoms with Crippen LogP contribution in [0.15, 0.2) is 0 Å². The van der Waals surface area contributed by atoms with E-state index in [4.69, 9.17) is 5.73 Å². The van der Waals surface area contributed by atoms with Crippen molar-refractivity contribution in [3.63, 3.8) is 0 Å². The molecule has 5 heteroatoms. The van der Waals surface area contributed by atoms with Gasteiger partial charge >= 0.3 is 0 Å². The molecule has 0 unspecified atom stereocenters. The van der Waals surface area contributed by atoms with E-state index in [1.54, 1.807) is 0 Å². The van der Waals surface area contributed by atoms with Gasteiger partial charge in [0, 0.05) is 30.6 Å². The average molecular weight is 221 g/mol. The summed E-state index contributed by atoms with van der Waals surface area (Å²) in [5.41, 5.74) is 7.91. The van der Waals surface area contributed by atoms with Crippen molar-refractivity contribution in [1.82, 2.24) is 15.3 Å². The third-order valence-corrected chi connectivity index (χ3v) is 2.44. The number of rotatable bonds is 1. The number of nitrogens with one attached hydrogen (secondary N) is 2. The van der Waals surface area contributed by atoms with Crippen LogP contribution in [0.5, 0.6) is 0 Å². The molecule has 0 amide bonds. The molecule has 16 heavy (non-hydrogen) atoms. The topological polar surface area (TPSA) is 75.9 Å². The largest absolute Gasteiger partial charge is 0.368 e. The van der Waals surface area contributed by atoms with Crippen LogP contribution in [0.4, 0.5) is 11.8 Å². The summed E-state index contributed by atoms with van der Waals surface area (Å²) < 4.78 is 0. The Kier molecular flexibility index (Phi) is 2.71. The normalized spacial score (nSPS) is 15.7. The fourth-order valence-electron chi connectivity index (χ4n) is 1.82. The lowest BCUT2D eigenvalue weighted by Gasteiger charge is -2.26. The van der Waals surface area contributed by atoms with Gasteiger partial charge in [0.05, 0.1) is 5.69 Å². The highest BCUT2D eigenvalue weighted by molar-refractivity contribution is 5.51. The van der Waals surface area contributed by atoms with Crippen molar-refractivity contribution < 1.29 is 0 Å². The van der Waals surface area contributed by atoms with Crippen LogP contribution in [0.2, 0.25) is 0 Å². The summed E-state index contributed by atoms with van der Waals surface area (Å²) in [4.78, 5) is 8.58. The van der Waals surface area contributed by atoms with Crippen molar-refractivity contribution in [3.8, 4) is 0 Å². The van der Waals surface area contributed by atoms with Crippen molar-refractivity contribution >= 4 is 11.8 Å². The molecule has 0 aliphatic carbocycles. The fraction of sp³-hybridized carbons (Fsp3) is 0.636. The summed E-state index contributed by atoms with van der Waals surface area (Å²) in [5.74, 6) is 1.22. The molecule has 0 radical (unpaired) electrons. The predicted octanol–water partition coefficient (Wildman–Crippen LogP) is 0.915. The first-order valence-electron chi connectivity index (χ1n) is 5.60. The van der Waals surface area contributed by atoms with Crippen molar-refractivity contribution in [3.05, 3.63) is 11.3 Å². The number of fused-ring (bicyclic) bond motifs is 1. The van der Waals surface area contributed by atoms with Crippen molar-refractivity contribution in [2.75, 3.05) is 17.6 Å². The maximum absolute atomic E-state index is 5.72. The number of aromatic nitrogens is 2. The maximum Gasteiger partial charge on any atom is 0.222 e. The van der Waals surface area contributed by atoms with Crippen LogP contribution in [-0.4, -0.2) is 22.1 Å². The Labute approximate surface area is 95.9 Å². The Balaban J connectivity index is 2.39. The Hall–Kier alpha value is -1.36. The molecular formula is C11H19N5. The summed E-state index contributed by atoms with van der Waals surface area (Å²) in [7, 11) is 0. The van der Waals surface area contributed by atoms with Gasteiger partial charge in [0.2, 0.25) is 5.95 Å². The smallest absolute Gasteiger partial charge is 0.222 e. The summed E-state index contributed by atoms with van der Waals surface area (Å²) in [6.07, 6.45) is 0.918. The second-order valence-corrected chi connectivity index (χ2v) is 5.16. The standard InChI is InChI=1S/C11H19N5/c1-11(2,3)16-9-7-6-13-5-4-8(7)14-10(12)15-9/h13H,4-6H2,1-3H3,(H3,12,14,15,16). The predicted molar refractivity (Wildman–Crippen MR) is 65.2 cm³/mol. The highest BCUT2D eigenvalue weighted by Crippen LogP contribution is 2.23. The van der Waals surface area contributed by atoms with Crippen LogP contribution in [-0.2, 0) is 13.0 Å². The van der Waals surface area contributed by atoms with E-state index >= 15 is 0 Å². The van der Waals surface area contributed by atoms with Crippen LogP contribution >= 0.6 is 0 Å². The van der Waals surface area contributed by atoms with Crippen LogP contribution in [0, 0.1) is 0 Å². The molecule has 0 bridgehead atoms.